The van der Waals surface area contributed by atoms with E-state index in [9.17, 15) is 22.4 Å². The first-order chi connectivity index (χ1) is 13.9. The second kappa shape index (κ2) is 8.53. The highest BCUT2D eigenvalue weighted by atomic mass is 32.2. The van der Waals surface area contributed by atoms with Crippen LogP contribution in [-0.4, -0.2) is 20.2 Å². The molecule has 3 N–H and O–H groups in total. The summed E-state index contributed by atoms with van der Waals surface area (Å²) in [4.78, 5) is 24.3. The molecular weight excluding hydrogens is 397 g/mol. The second-order valence-corrected chi connectivity index (χ2v) is 7.56. The lowest BCUT2D eigenvalue weighted by Crippen LogP contribution is -2.41. The summed E-state index contributed by atoms with van der Waals surface area (Å²) in [5, 5.41) is 0. The Balaban J connectivity index is 1.75. The van der Waals surface area contributed by atoms with Crippen LogP contribution < -0.4 is 15.6 Å². The number of sulfonamides is 1. The minimum absolute atomic E-state index is 0.00304. The molecule has 0 saturated heterocycles. The monoisotopic (exact) mass is 413 g/mol. The maximum Gasteiger partial charge on any atom is 0.271 e. The number of hydrogen-bond acceptors (Lipinski definition) is 4. The summed E-state index contributed by atoms with van der Waals surface area (Å²) >= 11 is 0. The quantitative estimate of drug-likeness (QED) is 0.560. The van der Waals surface area contributed by atoms with E-state index in [2.05, 4.69) is 15.6 Å². The number of halogens is 1. The highest BCUT2D eigenvalue weighted by Gasteiger charge is 2.19. The fraction of sp³-hybridized carbons (Fsp3) is 0. The van der Waals surface area contributed by atoms with Gasteiger partial charge in [-0.2, -0.15) is 0 Å². The van der Waals surface area contributed by atoms with Crippen LogP contribution in [0.2, 0.25) is 0 Å². The minimum Gasteiger partial charge on any atom is -0.279 e. The summed E-state index contributed by atoms with van der Waals surface area (Å²) in [6, 6.07) is 18.4. The third-order valence-corrected chi connectivity index (χ3v) is 5.25. The van der Waals surface area contributed by atoms with E-state index in [-0.39, 0.29) is 16.1 Å². The van der Waals surface area contributed by atoms with Crippen molar-refractivity contribution in [1.82, 2.24) is 10.9 Å². The molecule has 9 heteroatoms. The molecule has 0 radical (unpaired) electrons. The van der Waals surface area contributed by atoms with Gasteiger partial charge in [-0.25, -0.2) is 12.8 Å². The largest absolute Gasteiger partial charge is 0.279 e. The van der Waals surface area contributed by atoms with Gasteiger partial charge in [0.2, 0.25) is 0 Å². The van der Waals surface area contributed by atoms with Crippen LogP contribution in [0.25, 0.3) is 0 Å². The molecule has 2 amide bonds. The number of benzene rings is 3. The van der Waals surface area contributed by atoms with Crippen molar-refractivity contribution in [2.24, 2.45) is 0 Å². The number of carbonyl (C=O) groups is 2. The van der Waals surface area contributed by atoms with Crippen molar-refractivity contribution in [1.29, 1.82) is 0 Å². The Morgan fingerprint density at radius 1 is 0.724 bits per heavy atom. The van der Waals surface area contributed by atoms with E-state index >= 15 is 0 Å². The fourth-order valence-corrected chi connectivity index (χ4v) is 3.51. The van der Waals surface area contributed by atoms with Gasteiger partial charge in [0.15, 0.2) is 0 Å². The molecular formula is C20H16FN3O4S. The number of nitrogens with one attached hydrogen (secondary N) is 3. The lowest BCUT2D eigenvalue weighted by molar-refractivity contribution is 0.0847. The van der Waals surface area contributed by atoms with Crippen LogP contribution in [0.1, 0.15) is 20.7 Å². The van der Waals surface area contributed by atoms with E-state index in [1.807, 2.05) is 0 Å². The van der Waals surface area contributed by atoms with Gasteiger partial charge in [-0.15, -0.1) is 0 Å². The zero-order valence-corrected chi connectivity index (χ0v) is 15.7. The van der Waals surface area contributed by atoms with Crippen molar-refractivity contribution < 1.29 is 22.4 Å². The lowest BCUT2D eigenvalue weighted by atomic mass is 10.2. The summed E-state index contributed by atoms with van der Waals surface area (Å²) in [5.74, 6) is -1.81. The smallest absolute Gasteiger partial charge is 0.271 e. The number of hydrazine groups is 1. The Morgan fingerprint density at radius 2 is 1.31 bits per heavy atom. The molecule has 0 fully saturated rings. The van der Waals surface area contributed by atoms with E-state index < -0.39 is 27.7 Å². The van der Waals surface area contributed by atoms with Gasteiger partial charge in [0.25, 0.3) is 21.8 Å². The summed E-state index contributed by atoms with van der Waals surface area (Å²) in [6.45, 7) is 0. The van der Waals surface area contributed by atoms with E-state index in [0.29, 0.717) is 5.56 Å². The molecule has 3 rings (SSSR count). The summed E-state index contributed by atoms with van der Waals surface area (Å²) < 4.78 is 40.3. The first-order valence-corrected chi connectivity index (χ1v) is 9.88. The molecule has 29 heavy (non-hydrogen) atoms. The number of amides is 2. The average molecular weight is 413 g/mol. The van der Waals surface area contributed by atoms with Gasteiger partial charge >= 0.3 is 0 Å². The van der Waals surface area contributed by atoms with Crippen molar-refractivity contribution in [3.8, 4) is 0 Å². The van der Waals surface area contributed by atoms with Crippen LogP contribution in [0.3, 0.4) is 0 Å². The molecule has 3 aromatic carbocycles. The molecule has 0 spiro atoms. The van der Waals surface area contributed by atoms with Crippen molar-refractivity contribution in [3.63, 3.8) is 0 Å². The van der Waals surface area contributed by atoms with Gasteiger partial charge in [-0.1, -0.05) is 30.3 Å². The molecule has 0 saturated carbocycles. The van der Waals surface area contributed by atoms with Gasteiger partial charge in [0, 0.05) is 5.56 Å². The Bertz CT molecular complexity index is 1130. The van der Waals surface area contributed by atoms with Gasteiger partial charge in [-0.05, 0) is 48.5 Å². The van der Waals surface area contributed by atoms with Crippen LogP contribution in [0.15, 0.2) is 83.8 Å². The fourth-order valence-electron chi connectivity index (χ4n) is 2.43. The van der Waals surface area contributed by atoms with E-state index in [1.54, 1.807) is 42.5 Å². The highest BCUT2D eigenvalue weighted by molar-refractivity contribution is 7.92. The third kappa shape index (κ3) is 4.96. The van der Waals surface area contributed by atoms with Crippen LogP contribution in [-0.2, 0) is 10.0 Å². The molecule has 0 aromatic heterocycles. The van der Waals surface area contributed by atoms with E-state index in [0.717, 1.165) is 24.3 Å². The Kier molecular flexibility index (Phi) is 5.89. The molecule has 0 atom stereocenters. The van der Waals surface area contributed by atoms with Gasteiger partial charge in [0.1, 0.15) is 5.82 Å². The van der Waals surface area contributed by atoms with E-state index in [4.69, 9.17) is 0 Å². The first-order valence-electron chi connectivity index (χ1n) is 8.40. The third-order valence-electron chi connectivity index (χ3n) is 3.87. The number of anilines is 1. The standard InChI is InChI=1S/C20H16FN3O4S/c21-15-10-12-16(13-11-15)29(27,28)24-18-9-5-4-8-17(18)20(26)23-22-19(25)14-6-2-1-3-7-14/h1-13,24H,(H,22,25)(H,23,26). The van der Waals surface area contributed by atoms with Crippen molar-refractivity contribution in [3.05, 3.63) is 95.8 Å². The molecule has 0 aliphatic heterocycles. The Hall–Kier alpha value is -3.72. The van der Waals surface area contributed by atoms with Crippen LogP contribution in [0, 0.1) is 5.82 Å². The Labute approximate surface area is 166 Å². The van der Waals surface area contributed by atoms with Gasteiger partial charge in [-0.3, -0.25) is 25.2 Å². The topological polar surface area (TPSA) is 104 Å². The predicted octanol–water partition coefficient (Wildman–Crippen LogP) is 2.70. The molecule has 148 valence electrons. The molecule has 3 aromatic rings. The number of carbonyl (C=O) groups excluding carboxylic acids is 2. The highest BCUT2D eigenvalue weighted by Crippen LogP contribution is 2.20. The first kappa shape index (κ1) is 20.0. The SMILES string of the molecule is O=C(NNC(=O)c1ccccc1NS(=O)(=O)c1ccc(F)cc1)c1ccccc1. The zero-order valence-electron chi connectivity index (χ0n) is 14.9. The molecule has 0 heterocycles. The van der Waals surface area contributed by atoms with Crippen molar-refractivity contribution >= 4 is 27.5 Å². The molecule has 0 unspecified atom stereocenters. The second-order valence-electron chi connectivity index (χ2n) is 5.88. The molecule has 0 aliphatic rings. The van der Waals surface area contributed by atoms with Crippen molar-refractivity contribution in [2.45, 2.75) is 4.90 Å². The van der Waals surface area contributed by atoms with Gasteiger partial charge in [0.05, 0.1) is 16.1 Å². The molecule has 0 aliphatic carbocycles. The maximum atomic E-state index is 13.0. The zero-order chi connectivity index (χ0) is 20.9. The number of rotatable bonds is 5. The number of hydrogen-bond donors (Lipinski definition) is 3. The average Bonchev–Trinajstić information content (AvgIpc) is 2.73. The maximum absolute atomic E-state index is 13.0. The summed E-state index contributed by atoms with van der Waals surface area (Å²) in [7, 11) is -4.04. The molecule has 7 nitrogen and oxygen atoms in total. The minimum atomic E-state index is -4.04. The Morgan fingerprint density at radius 3 is 2.00 bits per heavy atom. The van der Waals surface area contributed by atoms with Gasteiger partial charge < -0.3 is 0 Å². The normalized spacial score (nSPS) is 10.8. The lowest BCUT2D eigenvalue weighted by Gasteiger charge is -2.13. The van der Waals surface area contributed by atoms with Crippen LogP contribution in [0.4, 0.5) is 10.1 Å². The predicted molar refractivity (Wildman–Crippen MR) is 105 cm³/mol. The van der Waals surface area contributed by atoms with Crippen molar-refractivity contribution in [2.75, 3.05) is 4.72 Å². The van der Waals surface area contributed by atoms with Crippen LogP contribution >= 0.6 is 0 Å². The number of para-hydroxylation sites is 1. The summed E-state index contributed by atoms with van der Waals surface area (Å²) in [6.07, 6.45) is 0. The molecule has 0 bridgehead atoms. The van der Waals surface area contributed by atoms with Crippen LogP contribution in [0.5, 0.6) is 0 Å². The van der Waals surface area contributed by atoms with E-state index in [1.165, 1.54) is 12.1 Å². The summed E-state index contributed by atoms with van der Waals surface area (Å²) in [5.41, 5.74) is 4.86.